The molecule has 0 rings (SSSR count). The molecule has 0 aliphatic rings. The van der Waals surface area contributed by atoms with Crippen LogP contribution in [0.15, 0.2) is 0 Å². The second kappa shape index (κ2) is 2.31. The third kappa shape index (κ3) is 2.63. The number of ether oxygens (including phenoxy) is 1. The van der Waals surface area contributed by atoms with E-state index >= 15 is 0 Å². The van der Waals surface area contributed by atoms with E-state index in [2.05, 4.69) is 20.8 Å². The molecule has 7 heavy (non-hydrogen) atoms. The molecule has 0 aromatic heterocycles. The van der Waals surface area contributed by atoms with Crippen molar-refractivity contribution in [3.05, 3.63) is 0 Å². The van der Waals surface area contributed by atoms with Gasteiger partial charge in [0.1, 0.15) is 0 Å². The van der Waals surface area contributed by atoms with E-state index < -0.39 is 0 Å². The molecule has 0 heterocycles. The van der Waals surface area contributed by atoms with Crippen molar-refractivity contribution in [1.29, 1.82) is 0 Å². The third-order valence-corrected chi connectivity index (χ3v) is 1.40. The molecule has 0 spiro atoms. The van der Waals surface area contributed by atoms with Crippen LogP contribution in [0.5, 0.6) is 0 Å². The van der Waals surface area contributed by atoms with Crippen LogP contribution in [0.1, 0.15) is 27.2 Å². The van der Waals surface area contributed by atoms with E-state index in [0.717, 1.165) is 6.42 Å². The maximum Gasteiger partial charge on any atom is 0.0620 e. The normalized spacial score (nSPS) is 12.0. The van der Waals surface area contributed by atoms with E-state index in [4.69, 9.17) is 4.74 Å². The Hall–Kier alpha value is -0.0400. The molecule has 1 heteroatoms. The summed E-state index contributed by atoms with van der Waals surface area (Å²) in [5.74, 6) is 0. The molecule has 0 aliphatic carbocycles. The van der Waals surface area contributed by atoms with Crippen LogP contribution in [-0.4, -0.2) is 12.7 Å². The predicted octanol–water partition coefficient (Wildman–Crippen LogP) is 1.82. The second-order valence-corrected chi connectivity index (χ2v) is 2.32. The number of hydrogen-bond donors (Lipinski definition) is 0. The van der Waals surface area contributed by atoms with Gasteiger partial charge >= 0.3 is 0 Å². The highest BCUT2D eigenvalue weighted by atomic mass is 16.5. The van der Waals surface area contributed by atoms with Crippen LogP contribution in [0.25, 0.3) is 0 Å². The fourth-order valence-corrected chi connectivity index (χ4v) is 0.144. The maximum absolute atomic E-state index is 5.09. The van der Waals surface area contributed by atoms with E-state index in [1.165, 1.54) is 0 Å². The van der Waals surface area contributed by atoms with Crippen LogP contribution in [0.4, 0.5) is 0 Å². The van der Waals surface area contributed by atoms with Crippen molar-refractivity contribution in [1.82, 2.24) is 0 Å². The maximum atomic E-state index is 5.09. The Kier molecular flexibility index (Phi) is 2.30. The molecule has 0 bridgehead atoms. The lowest BCUT2D eigenvalue weighted by Gasteiger charge is -2.19. The van der Waals surface area contributed by atoms with E-state index in [0.29, 0.717) is 0 Å². The minimum atomic E-state index is 0.0833. The van der Waals surface area contributed by atoms with Crippen molar-refractivity contribution in [2.24, 2.45) is 0 Å². The molecule has 0 saturated carbocycles. The molecule has 0 aliphatic heterocycles. The lowest BCUT2D eigenvalue weighted by atomic mass is 10.1. The van der Waals surface area contributed by atoms with Gasteiger partial charge in [-0.1, -0.05) is 6.92 Å². The van der Waals surface area contributed by atoms with Gasteiger partial charge in [-0.3, -0.25) is 0 Å². The van der Waals surface area contributed by atoms with Gasteiger partial charge in [-0.15, -0.1) is 0 Å². The Balaban J connectivity index is 3.36. The fraction of sp³-hybridized carbons (Fsp3) is 1.00. The summed E-state index contributed by atoms with van der Waals surface area (Å²) in [4.78, 5) is 0. The van der Waals surface area contributed by atoms with Crippen molar-refractivity contribution in [2.45, 2.75) is 32.8 Å². The quantitative estimate of drug-likeness (QED) is 0.516. The molecule has 0 fully saturated rings. The topological polar surface area (TPSA) is 9.23 Å². The summed E-state index contributed by atoms with van der Waals surface area (Å²) < 4.78 is 5.09. The summed E-state index contributed by atoms with van der Waals surface area (Å²) in [6.07, 6.45) is 1.07. The molecule has 0 N–H and O–H groups in total. The zero-order valence-corrected chi connectivity index (χ0v) is 5.62. The number of rotatable bonds is 2. The van der Waals surface area contributed by atoms with Gasteiger partial charge in [0.25, 0.3) is 0 Å². The molecular weight excluding hydrogens is 88.1 g/mol. The lowest BCUT2D eigenvalue weighted by Crippen LogP contribution is -2.20. The molecule has 0 aromatic rings. The van der Waals surface area contributed by atoms with Crippen molar-refractivity contribution in [3.63, 3.8) is 0 Å². The Morgan fingerprint density at radius 3 is 1.86 bits per heavy atom. The van der Waals surface area contributed by atoms with Gasteiger partial charge in [-0.2, -0.15) is 0 Å². The van der Waals surface area contributed by atoms with E-state index in [1.54, 1.807) is 7.11 Å². The molecule has 0 atom stereocenters. The predicted molar refractivity (Wildman–Crippen MR) is 31.4 cm³/mol. The molecule has 0 aromatic carbocycles. The standard InChI is InChI=1S/C6H14O/c1-5-6(2,3)7-4/h5H2,1-4H3. The molecule has 0 unspecified atom stereocenters. The van der Waals surface area contributed by atoms with E-state index in [-0.39, 0.29) is 5.60 Å². The third-order valence-electron chi connectivity index (χ3n) is 1.40. The first-order valence-electron chi connectivity index (χ1n) is 2.67. The van der Waals surface area contributed by atoms with Gasteiger partial charge in [0.2, 0.25) is 0 Å². The summed E-state index contributed by atoms with van der Waals surface area (Å²) in [5.41, 5.74) is 0.0833. The fourth-order valence-electron chi connectivity index (χ4n) is 0.144. The summed E-state index contributed by atoms with van der Waals surface area (Å²) in [6, 6.07) is 0. The van der Waals surface area contributed by atoms with Crippen LogP contribution in [0, 0.1) is 0 Å². The van der Waals surface area contributed by atoms with Crippen molar-refractivity contribution in [2.75, 3.05) is 7.11 Å². The van der Waals surface area contributed by atoms with Crippen molar-refractivity contribution >= 4 is 0 Å². The van der Waals surface area contributed by atoms with E-state index in [9.17, 15) is 0 Å². The summed E-state index contributed by atoms with van der Waals surface area (Å²) in [6.45, 7) is 6.27. The van der Waals surface area contributed by atoms with Crippen LogP contribution in [0.3, 0.4) is 0 Å². The lowest BCUT2D eigenvalue weighted by molar-refractivity contribution is 0.0196. The van der Waals surface area contributed by atoms with Crippen LogP contribution in [-0.2, 0) is 4.74 Å². The Morgan fingerprint density at radius 1 is 1.43 bits per heavy atom. The second-order valence-electron chi connectivity index (χ2n) is 2.32. The molecule has 1 nitrogen and oxygen atoms in total. The van der Waals surface area contributed by atoms with Crippen LogP contribution >= 0.6 is 0 Å². The average Bonchev–Trinajstić information content (AvgIpc) is 1.68. The highest BCUT2D eigenvalue weighted by Gasteiger charge is 2.10. The van der Waals surface area contributed by atoms with Gasteiger partial charge in [0.05, 0.1) is 5.60 Å². The molecule has 0 radical (unpaired) electrons. The van der Waals surface area contributed by atoms with Crippen LogP contribution < -0.4 is 0 Å². The number of hydrogen-bond acceptors (Lipinski definition) is 1. The molecule has 0 amide bonds. The summed E-state index contributed by atoms with van der Waals surface area (Å²) in [7, 11) is 1.74. The molecular formula is C6H14O. The van der Waals surface area contributed by atoms with Crippen LogP contribution in [0.2, 0.25) is 0 Å². The first kappa shape index (κ1) is 6.96. The Bertz CT molecular complexity index is 42.1. The highest BCUT2D eigenvalue weighted by Crippen LogP contribution is 2.10. The average molecular weight is 102 g/mol. The van der Waals surface area contributed by atoms with Gasteiger partial charge < -0.3 is 4.74 Å². The SMILES string of the molecule is CCC(C)(C)OC. The molecule has 44 valence electrons. The highest BCUT2D eigenvalue weighted by molar-refractivity contribution is 4.62. The van der Waals surface area contributed by atoms with Gasteiger partial charge in [-0.25, -0.2) is 0 Å². The van der Waals surface area contributed by atoms with Crippen molar-refractivity contribution < 1.29 is 4.74 Å². The first-order valence-corrected chi connectivity index (χ1v) is 2.67. The Labute approximate surface area is 45.7 Å². The first-order chi connectivity index (χ1) is 3.12. The van der Waals surface area contributed by atoms with Crippen molar-refractivity contribution in [3.8, 4) is 0 Å². The monoisotopic (exact) mass is 102 g/mol. The summed E-state index contributed by atoms with van der Waals surface area (Å²) in [5, 5.41) is 0. The zero-order valence-electron chi connectivity index (χ0n) is 5.62. The van der Waals surface area contributed by atoms with Gasteiger partial charge in [-0.05, 0) is 20.3 Å². The minimum absolute atomic E-state index is 0.0833. The zero-order chi connectivity index (χ0) is 5.91. The number of methoxy groups -OCH3 is 1. The summed E-state index contributed by atoms with van der Waals surface area (Å²) >= 11 is 0. The minimum Gasteiger partial charge on any atom is -0.379 e. The smallest absolute Gasteiger partial charge is 0.0620 e. The van der Waals surface area contributed by atoms with E-state index in [1.807, 2.05) is 0 Å². The van der Waals surface area contributed by atoms with Gasteiger partial charge in [0.15, 0.2) is 0 Å². The molecule has 0 saturated heterocycles. The largest absolute Gasteiger partial charge is 0.379 e. The van der Waals surface area contributed by atoms with Gasteiger partial charge in [0, 0.05) is 7.11 Å². The Morgan fingerprint density at radius 2 is 1.86 bits per heavy atom.